The summed E-state index contributed by atoms with van der Waals surface area (Å²) in [6, 6.07) is 7.74. The Balaban J connectivity index is 2.07. The molecule has 3 nitrogen and oxygen atoms in total. The van der Waals surface area contributed by atoms with Gasteiger partial charge in [0.2, 0.25) is 0 Å². The molecular formula is C14H20BNO2. The summed E-state index contributed by atoms with van der Waals surface area (Å²) in [6.45, 7) is 6.25. The molecule has 1 saturated heterocycles. The second-order valence-corrected chi connectivity index (χ2v) is 5.38. The predicted octanol–water partition coefficient (Wildman–Crippen LogP) is 2.91. The largest absolute Gasteiger partial charge is 0.486 e. The Morgan fingerprint density at radius 1 is 1.39 bits per heavy atom. The zero-order valence-corrected chi connectivity index (χ0v) is 11.2. The Labute approximate surface area is 109 Å². The van der Waals surface area contributed by atoms with E-state index in [9.17, 15) is 0 Å². The first-order chi connectivity index (χ1) is 8.46. The summed E-state index contributed by atoms with van der Waals surface area (Å²) < 4.78 is 11.6. The van der Waals surface area contributed by atoms with Gasteiger partial charge in [0.05, 0.1) is 5.60 Å². The van der Waals surface area contributed by atoms with Crippen molar-refractivity contribution in [3.05, 3.63) is 35.8 Å². The number of anilines is 1. The first-order valence-corrected chi connectivity index (χ1v) is 6.32. The van der Waals surface area contributed by atoms with Crippen LogP contribution in [0.3, 0.4) is 0 Å². The Morgan fingerprint density at radius 2 is 2.11 bits per heavy atom. The molecule has 0 spiro atoms. The normalized spacial score (nSPS) is 23.5. The molecule has 0 aromatic heterocycles. The number of benzene rings is 1. The lowest BCUT2D eigenvalue weighted by molar-refractivity contribution is -0.0235. The van der Waals surface area contributed by atoms with E-state index in [1.54, 1.807) is 0 Å². The molecule has 1 aliphatic heterocycles. The Hall–Kier alpha value is -1.26. The second-order valence-electron chi connectivity index (χ2n) is 5.38. The average Bonchev–Trinajstić information content (AvgIpc) is 2.25. The molecule has 0 amide bonds. The SMILES string of the molecule is CC1CC(C)(C)OB(/C=C/c2ccccc2N)O1. The van der Waals surface area contributed by atoms with Gasteiger partial charge in [-0.05, 0) is 38.8 Å². The fourth-order valence-electron chi connectivity index (χ4n) is 2.29. The van der Waals surface area contributed by atoms with Crippen molar-refractivity contribution in [2.24, 2.45) is 0 Å². The summed E-state index contributed by atoms with van der Waals surface area (Å²) in [5.74, 6) is 1.92. The molecule has 1 aromatic carbocycles. The number of nitrogen functional groups attached to an aromatic ring is 1. The van der Waals surface area contributed by atoms with E-state index in [-0.39, 0.29) is 18.8 Å². The number of para-hydroxylation sites is 1. The van der Waals surface area contributed by atoms with Crippen LogP contribution in [0.25, 0.3) is 6.08 Å². The van der Waals surface area contributed by atoms with Gasteiger partial charge in [-0.3, -0.25) is 0 Å². The fourth-order valence-corrected chi connectivity index (χ4v) is 2.29. The van der Waals surface area contributed by atoms with Gasteiger partial charge in [0.1, 0.15) is 0 Å². The van der Waals surface area contributed by atoms with Gasteiger partial charge in [0.15, 0.2) is 0 Å². The molecule has 1 heterocycles. The van der Waals surface area contributed by atoms with Gasteiger partial charge in [0, 0.05) is 11.8 Å². The first kappa shape index (κ1) is 13.2. The standard InChI is InChI=1S/C14H20BNO2/c1-11-10-14(2,3)18-15(17-11)9-8-12-6-4-5-7-13(12)16/h4-9,11H,10,16H2,1-3H3/b9-8+. The van der Waals surface area contributed by atoms with E-state index in [4.69, 9.17) is 15.0 Å². The molecule has 1 fully saturated rings. The predicted molar refractivity (Wildman–Crippen MR) is 76.0 cm³/mol. The quantitative estimate of drug-likeness (QED) is 0.643. The van der Waals surface area contributed by atoms with Crippen LogP contribution in [0.1, 0.15) is 32.8 Å². The molecule has 0 radical (unpaired) electrons. The molecule has 18 heavy (non-hydrogen) atoms. The average molecular weight is 245 g/mol. The lowest BCUT2D eigenvalue weighted by atomic mass is 9.82. The van der Waals surface area contributed by atoms with Crippen molar-refractivity contribution in [1.82, 2.24) is 0 Å². The molecule has 4 heteroatoms. The van der Waals surface area contributed by atoms with Gasteiger partial charge >= 0.3 is 7.12 Å². The summed E-state index contributed by atoms with van der Waals surface area (Å²) in [7, 11) is -0.302. The second kappa shape index (κ2) is 5.16. The summed E-state index contributed by atoms with van der Waals surface area (Å²) in [4.78, 5) is 0. The fraction of sp³-hybridized carbons (Fsp3) is 0.429. The van der Waals surface area contributed by atoms with Crippen LogP contribution >= 0.6 is 0 Å². The first-order valence-electron chi connectivity index (χ1n) is 6.32. The summed E-state index contributed by atoms with van der Waals surface area (Å²) >= 11 is 0. The van der Waals surface area contributed by atoms with Crippen LogP contribution < -0.4 is 5.73 Å². The molecule has 2 N–H and O–H groups in total. The van der Waals surface area contributed by atoms with Gasteiger partial charge in [-0.25, -0.2) is 0 Å². The van der Waals surface area contributed by atoms with Crippen LogP contribution in [0.4, 0.5) is 5.69 Å². The lowest BCUT2D eigenvalue weighted by Gasteiger charge is -2.37. The maximum Gasteiger partial charge on any atom is 0.486 e. The minimum atomic E-state index is -0.302. The zero-order valence-electron chi connectivity index (χ0n) is 11.2. The highest BCUT2D eigenvalue weighted by molar-refractivity contribution is 6.52. The molecular weight excluding hydrogens is 225 g/mol. The molecule has 1 aromatic rings. The highest BCUT2D eigenvalue weighted by Crippen LogP contribution is 2.26. The van der Waals surface area contributed by atoms with Crippen molar-refractivity contribution >= 4 is 18.9 Å². The topological polar surface area (TPSA) is 44.5 Å². The monoisotopic (exact) mass is 245 g/mol. The molecule has 96 valence electrons. The lowest BCUT2D eigenvalue weighted by Crippen LogP contribution is -2.45. The zero-order chi connectivity index (χ0) is 13.2. The van der Waals surface area contributed by atoms with Crippen molar-refractivity contribution in [1.29, 1.82) is 0 Å². The van der Waals surface area contributed by atoms with Gasteiger partial charge in [-0.1, -0.05) is 30.3 Å². The third-order valence-corrected chi connectivity index (χ3v) is 3.01. The van der Waals surface area contributed by atoms with Crippen molar-refractivity contribution in [2.75, 3.05) is 5.73 Å². The maximum atomic E-state index is 5.88. The van der Waals surface area contributed by atoms with E-state index in [1.165, 1.54) is 0 Å². The highest BCUT2D eigenvalue weighted by atomic mass is 16.6. The van der Waals surface area contributed by atoms with Gasteiger partial charge in [-0.2, -0.15) is 0 Å². The van der Waals surface area contributed by atoms with Gasteiger partial charge in [0.25, 0.3) is 0 Å². The van der Waals surface area contributed by atoms with E-state index in [1.807, 2.05) is 36.3 Å². The van der Waals surface area contributed by atoms with Crippen molar-refractivity contribution in [3.63, 3.8) is 0 Å². The minimum Gasteiger partial charge on any atom is -0.405 e. The summed E-state index contributed by atoms with van der Waals surface area (Å²) in [5, 5.41) is 0. The van der Waals surface area contributed by atoms with E-state index < -0.39 is 0 Å². The Morgan fingerprint density at radius 3 is 2.78 bits per heavy atom. The molecule has 0 saturated carbocycles. The number of nitrogens with two attached hydrogens (primary N) is 1. The molecule has 1 aliphatic rings. The smallest absolute Gasteiger partial charge is 0.405 e. The third-order valence-electron chi connectivity index (χ3n) is 3.01. The van der Waals surface area contributed by atoms with Crippen LogP contribution in [-0.2, 0) is 9.31 Å². The van der Waals surface area contributed by atoms with Crippen molar-refractivity contribution < 1.29 is 9.31 Å². The molecule has 1 atom stereocenters. The van der Waals surface area contributed by atoms with Gasteiger partial charge in [-0.15, -0.1) is 0 Å². The number of rotatable bonds is 2. The highest BCUT2D eigenvalue weighted by Gasteiger charge is 2.35. The summed E-state index contributed by atoms with van der Waals surface area (Å²) in [6.07, 6.45) is 3.07. The van der Waals surface area contributed by atoms with Crippen molar-refractivity contribution in [3.8, 4) is 0 Å². The van der Waals surface area contributed by atoms with Crippen LogP contribution in [0, 0.1) is 0 Å². The Bertz CT molecular complexity index is 445. The molecule has 2 rings (SSSR count). The van der Waals surface area contributed by atoms with Gasteiger partial charge < -0.3 is 15.0 Å². The Kier molecular flexibility index (Phi) is 3.78. The van der Waals surface area contributed by atoms with E-state index in [0.717, 1.165) is 17.7 Å². The maximum absolute atomic E-state index is 5.88. The third kappa shape index (κ3) is 3.37. The minimum absolute atomic E-state index is 0.144. The molecule has 0 aliphatic carbocycles. The summed E-state index contributed by atoms with van der Waals surface area (Å²) in [5.41, 5.74) is 7.49. The number of hydrogen-bond acceptors (Lipinski definition) is 3. The number of hydrogen-bond donors (Lipinski definition) is 1. The molecule has 1 unspecified atom stereocenters. The van der Waals surface area contributed by atoms with Crippen LogP contribution in [-0.4, -0.2) is 18.8 Å². The van der Waals surface area contributed by atoms with Crippen LogP contribution in [0.2, 0.25) is 0 Å². The van der Waals surface area contributed by atoms with E-state index >= 15 is 0 Å². The van der Waals surface area contributed by atoms with E-state index in [2.05, 4.69) is 20.8 Å². The molecule has 0 bridgehead atoms. The van der Waals surface area contributed by atoms with Crippen LogP contribution in [0.5, 0.6) is 0 Å². The van der Waals surface area contributed by atoms with Crippen LogP contribution in [0.15, 0.2) is 30.2 Å². The van der Waals surface area contributed by atoms with Crippen molar-refractivity contribution in [2.45, 2.75) is 38.9 Å². The van der Waals surface area contributed by atoms with E-state index in [0.29, 0.717) is 0 Å².